The number of methoxy groups -OCH3 is 1. The SMILES string of the molecule is COc1cccc(C2(C(=O)Nc3ccn(-c4ccnc(F)c4)n3)CC2)c1. The Kier molecular flexibility index (Phi) is 3.91. The molecule has 0 radical (unpaired) electrons. The Morgan fingerprint density at radius 1 is 1.27 bits per heavy atom. The van der Waals surface area contributed by atoms with Crippen molar-refractivity contribution in [1.82, 2.24) is 14.8 Å². The number of benzene rings is 1. The van der Waals surface area contributed by atoms with Crippen LogP contribution in [-0.2, 0) is 10.2 Å². The van der Waals surface area contributed by atoms with Crippen molar-refractivity contribution in [2.75, 3.05) is 12.4 Å². The van der Waals surface area contributed by atoms with Crippen LogP contribution in [-0.4, -0.2) is 27.8 Å². The molecule has 0 unspecified atom stereocenters. The Hall–Kier alpha value is -3.22. The summed E-state index contributed by atoms with van der Waals surface area (Å²) in [6.45, 7) is 0. The Bertz CT molecular complexity index is 965. The summed E-state index contributed by atoms with van der Waals surface area (Å²) in [4.78, 5) is 16.3. The lowest BCUT2D eigenvalue weighted by Crippen LogP contribution is -2.28. The number of halogens is 1. The van der Waals surface area contributed by atoms with Crippen molar-refractivity contribution >= 4 is 11.7 Å². The van der Waals surface area contributed by atoms with Crippen LogP contribution >= 0.6 is 0 Å². The Morgan fingerprint density at radius 2 is 2.12 bits per heavy atom. The predicted octanol–water partition coefficient (Wildman–Crippen LogP) is 3.09. The number of nitrogens with one attached hydrogen (secondary N) is 1. The lowest BCUT2D eigenvalue weighted by molar-refractivity contribution is -0.118. The second-order valence-corrected chi connectivity index (χ2v) is 6.25. The van der Waals surface area contributed by atoms with Crippen LogP contribution in [0.25, 0.3) is 5.69 Å². The van der Waals surface area contributed by atoms with E-state index in [0.29, 0.717) is 11.5 Å². The van der Waals surface area contributed by atoms with Gasteiger partial charge in [0.05, 0.1) is 18.2 Å². The van der Waals surface area contributed by atoms with E-state index in [2.05, 4.69) is 15.4 Å². The molecule has 1 amide bonds. The summed E-state index contributed by atoms with van der Waals surface area (Å²) in [6, 6.07) is 12.2. The zero-order chi connectivity index (χ0) is 18.1. The monoisotopic (exact) mass is 352 g/mol. The molecule has 6 nitrogen and oxygen atoms in total. The molecule has 26 heavy (non-hydrogen) atoms. The fourth-order valence-electron chi connectivity index (χ4n) is 3.00. The van der Waals surface area contributed by atoms with Crippen molar-refractivity contribution in [3.8, 4) is 11.4 Å². The molecule has 0 atom stereocenters. The quantitative estimate of drug-likeness (QED) is 0.717. The molecule has 1 aliphatic carbocycles. The number of amides is 1. The summed E-state index contributed by atoms with van der Waals surface area (Å²) in [6.07, 6.45) is 4.59. The first-order chi connectivity index (χ1) is 12.6. The van der Waals surface area contributed by atoms with Gasteiger partial charge in [-0.25, -0.2) is 9.67 Å². The van der Waals surface area contributed by atoms with E-state index in [1.165, 1.54) is 16.9 Å². The summed E-state index contributed by atoms with van der Waals surface area (Å²) >= 11 is 0. The maximum absolute atomic E-state index is 13.3. The Balaban J connectivity index is 1.53. The largest absolute Gasteiger partial charge is 0.497 e. The van der Waals surface area contributed by atoms with Crippen LogP contribution in [0.15, 0.2) is 54.9 Å². The van der Waals surface area contributed by atoms with E-state index < -0.39 is 11.4 Å². The van der Waals surface area contributed by atoms with E-state index in [0.717, 1.165) is 24.2 Å². The van der Waals surface area contributed by atoms with Crippen LogP contribution in [0.2, 0.25) is 0 Å². The molecule has 3 aromatic rings. The third kappa shape index (κ3) is 2.92. The van der Waals surface area contributed by atoms with Gasteiger partial charge in [0, 0.05) is 24.5 Å². The minimum absolute atomic E-state index is 0.100. The van der Waals surface area contributed by atoms with Gasteiger partial charge in [0.1, 0.15) is 5.75 Å². The summed E-state index contributed by atoms with van der Waals surface area (Å²) in [5.74, 6) is 0.461. The molecule has 4 rings (SSSR count). The van der Waals surface area contributed by atoms with Crippen molar-refractivity contribution in [3.05, 3.63) is 66.4 Å². The van der Waals surface area contributed by atoms with Crippen LogP contribution in [0.1, 0.15) is 18.4 Å². The predicted molar refractivity (Wildman–Crippen MR) is 93.9 cm³/mol. The molecule has 1 fully saturated rings. The fraction of sp³-hybridized carbons (Fsp3) is 0.211. The average Bonchev–Trinajstić information content (AvgIpc) is 3.35. The van der Waals surface area contributed by atoms with Crippen LogP contribution in [0.3, 0.4) is 0 Å². The smallest absolute Gasteiger partial charge is 0.236 e. The molecule has 0 saturated heterocycles. The fourth-order valence-corrected chi connectivity index (χ4v) is 3.00. The van der Waals surface area contributed by atoms with Crippen LogP contribution in [0, 0.1) is 5.95 Å². The van der Waals surface area contributed by atoms with Gasteiger partial charge in [0.25, 0.3) is 0 Å². The third-order valence-corrected chi connectivity index (χ3v) is 4.61. The van der Waals surface area contributed by atoms with Gasteiger partial charge < -0.3 is 10.1 Å². The van der Waals surface area contributed by atoms with Gasteiger partial charge in [-0.2, -0.15) is 9.49 Å². The van der Waals surface area contributed by atoms with Gasteiger partial charge in [0.2, 0.25) is 11.9 Å². The molecule has 1 aliphatic rings. The first-order valence-corrected chi connectivity index (χ1v) is 8.24. The number of anilines is 1. The molecular weight excluding hydrogens is 335 g/mol. The van der Waals surface area contributed by atoms with E-state index in [1.807, 2.05) is 24.3 Å². The molecule has 1 aromatic carbocycles. The zero-order valence-corrected chi connectivity index (χ0v) is 14.1. The van der Waals surface area contributed by atoms with Crippen molar-refractivity contribution < 1.29 is 13.9 Å². The van der Waals surface area contributed by atoms with E-state index in [9.17, 15) is 9.18 Å². The first-order valence-electron chi connectivity index (χ1n) is 8.24. The highest BCUT2D eigenvalue weighted by atomic mass is 19.1. The van der Waals surface area contributed by atoms with E-state index in [-0.39, 0.29) is 5.91 Å². The molecule has 0 bridgehead atoms. The summed E-state index contributed by atoms with van der Waals surface area (Å²) in [5, 5.41) is 7.16. The topological polar surface area (TPSA) is 69.0 Å². The second kappa shape index (κ2) is 6.25. The number of carbonyl (C=O) groups is 1. The van der Waals surface area contributed by atoms with Gasteiger partial charge in [-0.1, -0.05) is 12.1 Å². The molecule has 1 saturated carbocycles. The average molecular weight is 352 g/mol. The molecule has 1 N–H and O–H groups in total. The maximum Gasteiger partial charge on any atom is 0.236 e. The number of nitrogens with zero attached hydrogens (tertiary/aromatic N) is 3. The maximum atomic E-state index is 13.3. The number of ether oxygens (including phenoxy) is 1. The minimum atomic E-state index is -0.585. The van der Waals surface area contributed by atoms with Gasteiger partial charge in [-0.15, -0.1) is 0 Å². The highest BCUT2D eigenvalue weighted by Gasteiger charge is 2.51. The molecular formula is C19H17FN4O2. The highest BCUT2D eigenvalue weighted by molar-refractivity contribution is 6.00. The number of hydrogen-bond acceptors (Lipinski definition) is 4. The molecule has 2 heterocycles. The standard InChI is InChI=1S/C19H17FN4O2/c1-26-15-4-2-3-13(11-15)19(7-8-19)18(25)22-17-6-10-24(23-17)14-5-9-21-16(20)12-14/h2-6,9-12H,7-8H2,1H3,(H,22,23,25). The number of rotatable bonds is 5. The normalized spacial score (nSPS) is 14.7. The van der Waals surface area contributed by atoms with Gasteiger partial charge in [-0.3, -0.25) is 4.79 Å². The first kappa shape index (κ1) is 16.3. The molecule has 0 spiro atoms. The van der Waals surface area contributed by atoms with E-state index in [4.69, 9.17) is 4.74 Å². The van der Waals surface area contributed by atoms with E-state index >= 15 is 0 Å². The van der Waals surface area contributed by atoms with E-state index in [1.54, 1.807) is 25.4 Å². The highest BCUT2D eigenvalue weighted by Crippen LogP contribution is 2.49. The summed E-state index contributed by atoms with van der Waals surface area (Å²) < 4.78 is 20.0. The van der Waals surface area contributed by atoms with Gasteiger partial charge in [-0.05, 0) is 36.6 Å². The lowest BCUT2D eigenvalue weighted by Gasteiger charge is -2.15. The minimum Gasteiger partial charge on any atom is -0.497 e. The van der Waals surface area contributed by atoms with Crippen LogP contribution in [0.4, 0.5) is 10.2 Å². The van der Waals surface area contributed by atoms with Gasteiger partial charge >= 0.3 is 0 Å². The van der Waals surface area contributed by atoms with Crippen molar-refractivity contribution in [2.45, 2.75) is 18.3 Å². The number of aromatic nitrogens is 3. The number of carbonyl (C=O) groups excluding carboxylic acids is 1. The van der Waals surface area contributed by atoms with Crippen LogP contribution < -0.4 is 10.1 Å². The second-order valence-electron chi connectivity index (χ2n) is 6.25. The molecule has 132 valence electrons. The summed E-state index contributed by atoms with van der Waals surface area (Å²) in [7, 11) is 1.60. The molecule has 0 aliphatic heterocycles. The number of hydrogen-bond donors (Lipinski definition) is 1. The third-order valence-electron chi connectivity index (χ3n) is 4.61. The van der Waals surface area contributed by atoms with Gasteiger partial charge in [0.15, 0.2) is 5.82 Å². The molecule has 7 heteroatoms. The van der Waals surface area contributed by atoms with Crippen molar-refractivity contribution in [3.63, 3.8) is 0 Å². The number of pyridine rings is 1. The zero-order valence-electron chi connectivity index (χ0n) is 14.1. The lowest BCUT2D eigenvalue weighted by atomic mass is 9.95. The van der Waals surface area contributed by atoms with Crippen molar-refractivity contribution in [2.24, 2.45) is 0 Å². The van der Waals surface area contributed by atoms with Crippen molar-refractivity contribution in [1.29, 1.82) is 0 Å². The van der Waals surface area contributed by atoms with Crippen LogP contribution in [0.5, 0.6) is 5.75 Å². The Labute approximate surface area is 149 Å². The molecule has 2 aromatic heterocycles. The summed E-state index contributed by atoms with van der Waals surface area (Å²) in [5.41, 5.74) is 0.929. The Morgan fingerprint density at radius 3 is 2.85 bits per heavy atom.